The minimum Gasteiger partial charge on any atom is -0.344 e. The Labute approximate surface area is 103 Å². The van der Waals surface area contributed by atoms with Crippen molar-refractivity contribution in [2.45, 2.75) is 45.4 Å². The van der Waals surface area contributed by atoms with Crippen molar-refractivity contribution in [1.29, 1.82) is 0 Å². The van der Waals surface area contributed by atoms with Gasteiger partial charge in [0.2, 0.25) is 0 Å². The van der Waals surface area contributed by atoms with Gasteiger partial charge in [0.1, 0.15) is 0 Å². The van der Waals surface area contributed by atoms with Crippen LogP contribution in [0.15, 0.2) is 0 Å². The van der Waals surface area contributed by atoms with Gasteiger partial charge in [-0.15, -0.1) is 0 Å². The fourth-order valence-electron chi connectivity index (χ4n) is 2.22. The van der Waals surface area contributed by atoms with Crippen LogP contribution in [0.3, 0.4) is 0 Å². The van der Waals surface area contributed by atoms with Crippen LogP contribution >= 0.6 is 0 Å². The van der Waals surface area contributed by atoms with Crippen LogP contribution in [0.25, 0.3) is 0 Å². The van der Waals surface area contributed by atoms with Crippen molar-refractivity contribution in [1.82, 2.24) is 0 Å². The fraction of sp³-hybridized carbons (Fsp3) is 1.00. The second-order valence-corrected chi connectivity index (χ2v) is 3.76. The minimum atomic E-state index is -1.26. The van der Waals surface area contributed by atoms with Gasteiger partial charge in [-0.1, -0.05) is 0 Å². The third-order valence-electron chi connectivity index (χ3n) is 2.77. The van der Waals surface area contributed by atoms with Crippen molar-refractivity contribution in [2.75, 3.05) is 33.5 Å². The summed E-state index contributed by atoms with van der Waals surface area (Å²) in [6, 6.07) is 0. The minimum absolute atomic E-state index is 0.468. The molecule has 1 saturated heterocycles. The van der Waals surface area contributed by atoms with Crippen molar-refractivity contribution >= 4 is 0 Å². The average Bonchev–Trinajstić information content (AvgIpc) is 2.33. The molecule has 1 aliphatic rings. The van der Waals surface area contributed by atoms with Crippen LogP contribution in [0, 0.1) is 0 Å². The number of ether oxygens (including phenoxy) is 5. The smallest absolute Gasteiger partial charge is 0.340 e. The molecule has 0 N–H and O–H groups in total. The third kappa shape index (κ3) is 2.80. The predicted molar refractivity (Wildman–Crippen MR) is 62.5 cm³/mol. The van der Waals surface area contributed by atoms with Gasteiger partial charge in [-0.05, 0) is 27.2 Å². The van der Waals surface area contributed by atoms with E-state index in [9.17, 15) is 0 Å². The summed E-state index contributed by atoms with van der Waals surface area (Å²) < 4.78 is 28.3. The van der Waals surface area contributed by atoms with Crippen LogP contribution in [0.4, 0.5) is 0 Å². The van der Waals surface area contributed by atoms with Crippen LogP contribution < -0.4 is 0 Å². The van der Waals surface area contributed by atoms with Crippen molar-refractivity contribution in [3.63, 3.8) is 0 Å². The molecule has 0 radical (unpaired) electrons. The van der Waals surface area contributed by atoms with Crippen LogP contribution in [0.5, 0.6) is 0 Å². The Morgan fingerprint density at radius 2 is 1.59 bits per heavy atom. The van der Waals surface area contributed by atoms with Gasteiger partial charge in [-0.3, -0.25) is 0 Å². The Hall–Kier alpha value is -0.200. The van der Waals surface area contributed by atoms with E-state index in [1.54, 1.807) is 7.11 Å². The predicted octanol–water partition coefficient (Wildman–Crippen LogP) is 1.90. The summed E-state index contributed by atoms with van der Waals surface area (Å²) >= 11 is 0. The van der Waals surface area contributed by atoms with E-state index in [4.69, 9.17) is 23.7 Å². The standard InChI is InChI=1S/C12H24O5/c1-5-14-11(15-6-2)9-8-10-17-12(11,13-4)16-7-3/h5-10H2,1-4H3. The molecule has 5 nitrogen and oxygen atoms in total. The van der Waals surface area contributed by atoms with Crippen LogP contribution in [-0.2, 0) is 23.7 Å². The van der Waals surface area contributed by atoms with Crippen molar-refractivity contribution in [3.8, 4) is 0 Å². The lowest BCUT2D eigenvalue weighted by atomic mass is 10.0. The fourth-order valence-corrected chi connectivity index (χ4v) is 2.22. The van der Waals surface area contributed by atoms with E-state index in [2.05, 4.69) is 0 Å². The maximum absolute atomic E-state index is 5.77. The van der Waals surface area contributed by atoms with Crippen molar-refractivity contribution in [2.24, 2.45) is 0 Å². The Bertz CT molecular complexity index is 205. The van der Waals surface area contributed by atoms with E-state index >= 15 is 0 Å². The number of rotatable bonds is 7. The molecule has 0 aromatic carbocycles. The molecule has 17 heavy (non-hydrogen) atoms. The summed E-state index contributed by atoms with van der Waals surface area (Å²) in [7, 11) is 1.55. The highest BCUT2D eigenvalue weighted by Crippen LogP contribution is 2.40. The number of hydrogen-bond donors (Lipinski definition) is 0. The molecule has 1 rings (SSSR count). The van der Waals surface area contributed by atoms with Gasteiger partial charge in [0.25, 0.3) is 5.79 Å². The first kappa shape index (κ1) is 14.9. The van der Waals surface area contributed by atoms with Crippen molar-refractivity contribution in [3.05, 3.63) is 0 Å². The van der Waals surface area contributed by atoms with Gasteiger partial charge in [0, 0.05) is 33.4 Å². The van der Waals surface area contributed by atoms with Crippen LogP contribution in [0.2, 0.25) is 0 Å². The van der Waals surface area contributed by atoms with E-state index in [1.165, 1.54) is 0 Å². The third-order valence-corrected chi connectivity index (χ3v) is 2.77. The van der Waals surface area contributed by atoms with Gasteiger partial charge < -0.3 is 23.7 Å². The lowest BCUT2D eigenvalue weighted by Gasteiger charge is -2.48. The molecule has 0 spiro atoms. The first-order chi connectivity index (χ1) is 8.20. The molecule has 5 heteroatoms. The van der Waals surface area contributed by atoms with Crippen LogP contribution in [0.1, 0.15) is 33.6 Å². The summed E-state index contributed by atoms with van der Waals surface area (Å²) in [5.74, 6) is -2.23. The maximum atomic E-state index is 5.77. The highest BCUT2D eigenvalue weighted by atomic mass is 16.9. The van der Waals surface area contributed by atoms with E-state index in [0.29, 0.717) is 32.8 Å². The van der Waals surface area contributed by atoms with E-state index in [0.717, 1.165) is 6.42 Å². The average molecular weight is 248 g/mol. The molecule has 102 valence electrons. The second kappa shape index (κ2) is 6.66. The molecule has 0 aromatic heterocycles. The molecule has 1 heterocycles. The molecule has 0 aromatic rings. The second-order valence-electron chi connectivity index (χ2n) is 3.76. The summed E-state index contributed by atoms with van der Waals surface area (Å²) in [4.78, 5) is 0. The molecule has 0 aliphatic carbocycles. The largest absolute Gasteiger partial charge is 0.344 e. The van der Waals surface area contributed by atoms with E-state index in [1.807, 2.05) is 20.8 Å². The van der Waals surface area contributed by atoms with Crippen molar-refractivity contribution < 1.29 is 23.7 Å². The normalized spacial score (nSPS) is 28.2. The molecule has 0 saturated carbocycles. The van der Waals surface area contributed by atoms with E-state index in [-0.39, 0.29) is 0 Å². The van der Waals surface area contributed by atoms with Gasteiger partial charge in [0.05, 0.1) is 6.61 Å². The molecule has 1 atom stereocenters. The molecule has 0 amide bonds. The summed E-state index contributed by atoms with van der Waals surface area (Å²) in [6.45, 7) is 7.80. The first-order valence-corrected chi connectivity index (χ1v) is 6.31. The summed E-state index contributed by atoms with van der Waals surface area (Å²) in [6.07, 6.45) is 1.56. The summed E-state index contributed by atoms with van der Waals surface area (Å²) in [5, 5.41) is 0. The zero-order chi connectivity index (χ0) is 12.8. The molecule has 1 unspecified atom stereocenters. The van der Waals surface area contributed by atoms with Gasteiger partial charge in [-0.25, -0.2) is 0 Å². The van der Waals surface area contributed by atoms with Crippen LogP contribution in [-0.4, -0.2) is 45.3 Å². The first-order valence-electron chi connectivity index (χ1n) is 6.31. The number of methoxy groups -OCH3 is 1. The SMILES string of the molecule is CCOC1(OCC)CCCOC1(OC)OCC. The molecular weight excluding hydrogens is 224 g/mol. The Balaban J connectivity index is 2.99. The molecule has 1 aliphatic heterocycles. The lowest BCUT2D eigenvalue weighted by molar-refractivity contribution is -0.504. The molecule has 0 bridgehead atoms. The van der Waals surface area contributed by atoms with Gasteiger partial charge in [-0.2, -0.15) is 0 Å². The zero-order valence-corrected chi connectivity index (χ0v) is 11.3. The molecule has 1 fully saturated rings. The Morgan fingerprint density at radius 1 is 1.00 bits per heavy atom. The maximum Gasteiger partial charge on any atom is 0.340 e. The van der Waals surface area contributed by atoms with Gasteiger partial charge >= 0.3 is 5.97 Å². The lowest BCUT2D eigenvalue weighted by Crippen LogP contribution is -2.64. The summed E-state index contributed by atoms with van der Waals surface area (Å²) in [5.41, 5.74) is 0. The Kier molecular flexibility index (Phi) is 5.82. The Morgan fingerprint density at radius 3 is 2.06 bits per heavy atom. The zero-order valence-electron chi connectivity index (χ0n) is 11.3. The monoisotopic (exact) mass is 248 g/mol. The number of hydrogen-bond acceptors (Lipinski definition) is 5. The quantitative estimate of drug-likeness (QED) is 0.644. The topological polar surface area (TPSA) is 46.2 Å². The van der Waals surface area contributed by atoms with E-state index < -0.39 is 11.8 Å². The highest BCUT2D eigenvalue weighted by Gasteiger charge is 2.59. The highest BCUT2D eigenvalue weighted by molar-refractivity contribution is 4.86. The molecular formula is C12H24O5. The van der Waals surface area contributed by atoms with Gasteiger partial charge in [0.15, 0.2) is 0 Å².